The molecule has 0 fully saturated rings. The minimum absolute atomic E-state index is 0.0132. The van der Waals surface area contributed by atoms with Crippen molar-refractivity contribution in [2.24, 2.45) is 0 Å². The third-order valence-corrected chi connectivity index (χ3v) is 5.63. The molecular formula is C21H18N6O3S. The van der Waals surface area contributed by atoms with Crippen molar-refractivity contribution in [2.75, 3.05) is 11.1 Å². The third-order valence-electron chi connectivity index (χ3n) is 4.71. The Morgan fingerprint density at radius 1 is 1.10 bits per heavy atom. The van der Waals surface area contributed by atoms with Crippen molar-refractivity contribution >= 4 is 34.7 Å². The van der Waals surface area contributed by atoms with Gasteiger partial charge in [0.2, 0.25) is 11.1 Å². The molecule has 0 bridgehead atoms. The van der Waals surface area contributed by atoms with Gasteiger partial charge in [0.05, 0.1) is 16.4 Å². The maximum atomic E-state index is 12.4. The van der Waals surface area contributed by atoms with Gasteiger partial charge in [0.15, 0.2) is 5.65 Å². The Labute approximate surface area is 181 Å². The van der Waals surface area contributed by atoms with Crippen LogP contribution in [0.4, 0.5) is 11.4 Å². The number of nitrogens with zero attached hydrogens (tertiary/aromatic N) is 5. The molecular weight excluding hydrogens is 416 g/mol. The Balaban J connectivity index is 1.51. The number of nitro benzene ring substituents is 1. The summed E-state index contributed by atoms with van der Waals surface area (Å²) in [5.74, 6) is -0.0315. The van der Waals surface area contributed by atoms with Gasteiger partial charge in [0.1, 0.15) is 0 Å². The fraction of sp³-hybridized carbons (Fsp3) is 0.143. The van der Waals surface area contributed by atoms with Crippen LogP contribution >= 0.6 is 11.8 Å². The second-order valence-corrected chi connectivity index (χ2v) is 7.86. The lowest BCUT2D eigenvalue weighted by molar-refractivity contribution is -0.384. The van der Waals surface area contributed by atoms with E-state index in [1.165, 1.54) is 28.4 Å². The summed E-state index contributed by atoms with van der Waals surface area (Å²) >= 11 is 1.21. The molecule has 0 spiro atoms. The fourth-order valence-corrected chi connectivity index (χ4v) is 3.63. The number of hydrogen-bond acceptors (Lipinski definition) is 7. The molecule has 0 unspecified atom stereocenters. The topological polar surface area (TPSA) is 115 Å². The van der Waals surface area contributed by atoms with E-state index < -0.39 is 4.92 Å². The molecule has 10 heteroatoms. The summed E-state index contributed by atoms with van der Waals surface area (Å²) in [6.45, 7) is 4.01. The van der Waals surface area contributed by atoms with Crippen LogP contribution in [0.3, 0.4) is 0 Å². The zero-order valence-corrected chi connectivity index (χ0v) is 17.6. The quantitative estimate of drug-likeness (QED) is 0.276. The molecule has 0 aliphatic rings. The summed E-state index contributed by atoms with van der Waals surface area (Å²) in [5, 5.41) is 27.1. The number of thioether (sulfide) groups is 1. The predicted molar refractivity (Wildman–Crippen MR) is 118 cm³/mol. The van der Waals surface area contributed by atoms with E-state index in [1.54, 1.807) is 24.3 Å². The highest BCUT2D eigenvalue weighted by molar-refractivity contribution is 7.99. The van der Waals surface area contributed by atoms with Crippen LogP contribution in [0, 0.1) is 24.0 Å². The average molecular weight is 434 g/mol. The Hall–Kier alpha value is -3.79. The second-order valence-electron chi connectivity index (χ2n) is 6.91. The average Bonchev–Trinajstić information content (AvgIpc) is 3.17. The zero-order chi connectivity index (χ0) is 22.0. The molecule has 1 amide bonds. The van der Waals surface area contributed by atoms with Gasteiger partial charge in [-0.15, -0.1) is 10.2 Å². The molecule has 2 aromatic heterocycles. The van der Waals surface area contributed by atoms with Gasteiger partial charge >= 0.3 is 0 Å². The first kappa shape index (κ1) is 20.5. The first-order valence-electron chi connectivity index (χ1n) is 9.38. The molecule has 31 heavy (non-hydrogen) atoms. The van der Waals surface area contributed by atoms with Gasteiger partial charge in [-0.25, -0.2) is 0 Å². The molecule has 0 aliphatic carbocycles. The Morgan fingerprint density at radius 2 is 1.94 bits per heavy atom. The summed E-state index contributed by atoms with van der Waals surface area (Å²) in [4.78, 5) is 23.0. The Kier molecular flexibility index (Phi) is 5.63. The Morgan fingerprint density at radius 3 is 2.71 bits per heavy atom. The monoisotopic (exact) mass is 434 g/mol. The lowest BCUT2D eigenvalue weighted by Crippen LogP contribution is -2.14. The number of fused-ring (bicyclic) bond motifs is 1. The predicted octanol–water partition coefficient (Wildman–Crippen LogP) is 4.05. The van der Waals surface area contributed by atoms with Crippen molar-refractivity contribution in [3.05, 3.63) is 75.8 Å². The van der Waals surface area contributed by atoms with E-state index in [2.05, 4.69) is 20.6 Å². The number of nitro groups is 1. The van der Waals surface area contributed by atoms with Gasteiger partial charge in [0.25, 0.3) is 5.69 Å². The van der Waals surface area contributed by atoms with Crippen LogP contribution in [-0.4, -0.2) is 36.4 Å². The highest BCUT2D eigenvalue weighted by atomic mass is 32.2. The molecule has 2 heterocycles. The minimum atomic E-state index is -0.448. The molecule has 0 aliphatic heterocycles. The van der Waals surface area contributed by atoms with Crippen LogP contribution in [0.2, 0.25) is 0 Å². The van der Waals surface area contributed by atoms with Crippen LogP contribution in [-0.2, 0) is 4.79 Å². The van der Waals surface area contributed by atoms with E-state index in [1.807, 2.05) is 32.0 Å². The largest absolute Gasteiger partial charge is 0.325 e. The molecule has 4 aromatic rings. The standard InChI is InChI=1S/C21H18N6O3S/c1-13-6-7-16(10-14(13)2)22-20(28)12-31-21-24-23-19-9-8-18(25-26(19)21)15-4-3-5-17(11-15)27(29)30/h3-11H,12H2,1-2H3,(H,22,28). The van der Waals surface area contributed by atoms with E-state index in [4.69, 9.17) is 0 Å². The van der Waals surface area contributed by atoms with Gasteiger partial charge < -0.3 is 5.32 Å². The second kappa shape index (κ2) is 8.52. The van der Waals surface area contributed by atoms with Gasteiger partial charge in [0, 0.05) is 23.4 Å². The number of amides is 1. The number of aryl methyl sites for hydroxylation is 2. The van der Waals surface area contributed by atoms with Gasteiger partial charge in [-0.1, -0.05) is 30.0 Å². The van der Waals surface area contributed by atoms with Crippen molar-refractivity contribution in [2.45, 2.75) is 19.0 Å². The number of anilines is 1. The number of hydrogen-bond donors (Lipinski definition) is 1. The third kappa shape index (κ3) is 4.53. The van der Waals surface area contributed by atoms with Crippen molar-refractivity contribution in [1.29, 1.82) is 0 Å². The van der Waals surface area contributed by atoms with E-state index in [9.17, 15) is 14.9 Å². The number of nitrogens with one attached hydrogen (secondary N) is 1. The summed E-state index contributed by atoms with van der Waals surface area (Å²) in [6.07, 6.45) is 0. The van der Waals surface area contributed by atoms with Crippen LogP contribution in [0.15, 0.2) is 59.8 Å². The van der Waals surface area contributed by atoms with Crippen molar-refractivity contribution in [1.82, 2.24) is 19.8 Å². The normalized spacial score (nSPS) is 10.9. The highest BCUT2D eigenvalue weighted by Gasteiger charge is 2.13. The smallest absolute Gasteiger partial charge is 0.270 e. The van der Waals surface area contributed by atoms with E-state index >= 15 is 0 Å². The maximum Gasteiger partial charge on any atom is 0.270 e. The summed E-state index contributed by atoms with van der Waals surface area (Å²) in [5.41, 5.74) is 4.66. The lowest BCUT2D eigenvalue weighted by atomic mass is 10.1. The van der Waals surface area contributed by atoms with E-state index in [0.29, 0.717) is 22.1 Å². The van der Waals surface area contributed by atoms with E-state index in [0.717, 1.165) is 16.8 Å². The maximum absolute atomic E-state index is 12.4. The van der Waals surface area contributed by atoms with Crippen molar-refractivity contribution in [3.8, 4) is 11.3 Å². The molecule has 0 radical (unpaired) electrons. The van der Waals surface area contributed by atoms with Gasteiger partial charge in [-0.3, -0.25) is 14.9 Å². The van der Waals surface area contributed by atoms with Gasteiger partial charge in [-0.05, 0) is 49.2 Å². The molecule has 1 N–H and O–H groups in total. The van der Waals surface area contributed by atoms with E-state index in [-0.39, 0.29) is 17.3 Å². The van der Waals surface area contributed by atoms with Crippen LogP contribution < -0.4 is 5.32 Å². The zero-order valence-electron chi connectivity index (χ0n) is 16.8. The summed E-state index contributed by atoms with van der Waals surface area (Å²) in [7, 11) is 0. The molecule has 4 rings (SSSR count). The fourth-order valence-electron chi connectivity index (χ4n) is 2.94. The summed E-state index contributed by atoms with van der Waals surface area (Å²) in [6, 6.07) is 15.5. The minimum Gasteiger partial charge on any atom is -0.325 e. The molecule has 0 saturated heterocycles. The first-order chi connectivity index (χ1) is 14.9. The molecule has 0 atom stereocenters. The highest BCUT2D eigenvalue weighted by Crippen LogP contribution is 2.24. The lowest BCUT2D eigenvalue weighted by Gasteiger charge is -2.07. The molecule has 2 aromatic carbocycles. The molecule has 0 saturated carbocycles. The number of aromatic nitrogens is 4. The van der Waals surface area contributed by atoms with Crippen LogP contribution in [0.1, 0.15) is 11.1 Å². The van der Waals surface area contributed by atoms with Crippen LogP contribution in [0.5, 0.6) is 0 Å². The SMILES string of the molecule is Cc1ccc(NC(=O)CSc2nnc3ccc(-c4cccc([N+](=O)[O-])c4)nn23)cc1C. The number of rotatable bonds is 6. The van der Waals surface area contributed by atoms with Crippen molar-refractivity contribution in [3.63, 3.8) is 0 Å². The number of carbonyl (C=O) groups excluding carboxylic acids is 1. The number of benzene rings is 2. The Bertz CT molecular complexity index is 1300. The summed E-state index contributed by atoms with van der Waals surface area (Å²) < 4.78 is 1.53. The first-order valence-corrected chi connectivity index (χ1v) is 10.4. The molecule has 156 valence electrons. The number of non-ortho nitro benzene ring substituents is 1. The van der Waals surface area contributed by atoms with Gasteiger partial charge in [-0.2, -0.15) is 9.61 Å². The molecule has 9 nitrogen and oxygen atoms in total. The van der Waals surface area contributed by atoms with Crippen molar-refractivity contribution < 1.29 is 9.72 Å². The van der Waals surface area contributed by atoms with Crippen LogP contribution in [0.25, 0.3) is 16.9 Å². The number of carbonyl (C=O) groups is 1.